The van der Waals surface area contributed by atoms with Gasteiger partial charge in [-0.25, -0.2) is 9.78 Å². The van der Waals surface area contributed by atoms with E-state index in [4.69, 9.17) is 16.7 Å². The molecule has 0 unspecified atom stereocenters. The molecule has 5 heteroatoms. The molecule has 0 radical (unpaired) electrons. The average molecular weight is 257 g/mol. The largest absolute Gasteiger partial charge is 0.478 e. The van der Waals surface area contributed by atoms with E-state index in [1.165, 1.54) is 12.1 Å². The molecule has 17 heavy (non-hydrogen) atoms. The van der Waals surface area contributed by atoms with Crippen LogP contribution < -0.4 is 5.32 Å². The maximum atomic E-state index is 11.0. The molecule has 1 aromatic heterocycles. The highest BCUT2D eigenvalue weighted by Crippen LogP contribution is 2.18. The van der Waals surface area contributed by atoms with E-state index in [0.717, 1.165) is 12.8 Å². The first-order valence-corrected chi connectivity index (χ1v) is 6.10. The van der Waals surface area contributed by atoms with Gasteiger partial charge in [-0.15, -0.1) is 0 Å². The van der Waals surface area contributed by atoms with Crippen LogP contribution in [0.15, 0.2) is 12.1 Å². The minimum atomic E-state index is -0.999. The number of hydrogen-bond donors (Lipinski definition) is 2. The number of carbonyl (C=O) groups is 1. The van der Waals surface area contributed by atoms with Gasteiger partial charge >= 0.3 is 5.97 Å². The summed E-state index contributed by atoms with van der Waals surface area (Å²) >= 11 is 5.76. The third-order valence-corrected chi connectivity index (χ3v) is 3.02. The van der Waals surface area contributed by atoms with Gasteiger partial charge in [0, 0.05) is 6.54 Å². The number of aromatic nitrogens is 1. The van der Waals surface area contributed by atoms with E-state index in [1.54, 1.807) is 0 Å². The van der Waals surface area contributed by atoms with Crippen LogP contribution in [0.4, 0.5) is 5.82 Å². The summed E-state index contributed by atoms with van der Waals surface area (Å²) in [5.41, 5.74) is 0.153. The number of rotatable bonds is 6. The van der Waals surface area contributed by atoms with Crippen molar-refractivity contribution in [3.63, 3.8) is 0 Å². The molecule has 1 rings (SSSR count). The SMILES string of the molecule is CCC(CC)CNc1nc(Cl)ccc1C(=O)O. The minimum absolute atomic E-state index is 0.153. The van der Waals surface area contributed by atoms with Crippen molar-refractivity contribution in [2.75, 3.05) is 11.9 Å². The highest BCUT2D eigenvalue weighted by atomic mass is 35.5. The number of pyridine rings is 1. The second-order valence-electron chi connectivity index (χ2n) is 3.90. The van der Waals surface area contributed by atoms with Crippen molar-refractivity contribution in [1.82, 2.24) is 4.98 Å². The fourth-order valence-electron chi connectivity index (χ4n) is 1.56. The van der Waals surface area contributed by atoms with Crippen LogP contribution in [0.25, 0.3) is 0 Å². The molecule has 0 aromatic carbocycles. The minimum Gasteiger partial charge on any atom is -0.478 e. The van der Waals surface area contributed by atoms with Crippen LogP contribution in [0.5, 0.6) is 0 Å². The van der Waals surface area contributed by atoms with E-state index in [1.807, 2.05) is 0 Å². The second kappa shape index (κ2) is 6.45. The van der Waals surface area contributed by atoms with Gasteiger partial charge < -0.3 is 10.4 Å². The van der Waals surface area contributed by atoms with Crippen molar-refractivity contribution in [3.05, 3.63) is 22.8 Å². The molecule has 0 spiro atoms. The summed E-state index contributed by atoms with van der Waals surface area (Å²) in [7, 11) is 0. The Morgan fingerprint density at radius 3 is 2.65 bits per heavy atom. The fraction of sp³-hybridized carbons (Fsp3) is 0.500. The summed E-state index contributed by atoms with van der Waals surface area (Å²) < 4.78 is 0. The Labute approximate surface area is 106 Å². The summed E-state index contributed by atoms with van der Waals surface area (Å²) in [4.78, 5) is 15.0. The molecule has 0 saturated heterocycles. The summed E-state index contributed by atoms with van der Waals surface area (Å²) in [6.45, 7) is 4.93. The van der Waals surface area contributed by atoms with Gasteiger partial charge in [0.05, 0.1) is 0 Å². The molecule has 0 aliphatic heterocycles. The molecule has 4 nitrogen and oxygen atoms in total. The molecule has 0 aliphatic carbocycles. The van der Waals surface area contributed by atoms with E-state index >= 15 is 0 Å². The lowest BCUT2D eigenvalue weighted by Crippen LogP contribution is -2.16. The van der Waals surface area contributed by atoms with Gasteiger partial charge in [0.2, 0.25) is 0 Å². The topological polar surface area (TPSA) is 62.2 Å². The van der Waals surface area contributed by atoms with Crippen LogP contribution in [0.1, 0.15) is 37.0 Å². The van der Waals surface area contributed by atoms with Crippen LogP contribution in [-0.2, 0) is 0 Å². The Kier molecular flexibility index (Phi) is 5.22. The summed E-state index contributed by atoms with van der Waals surface area (Å²) in [5, 5.41) is 12.4. The van der Waals surface area contributed by atoms with E-state index in [-0.39, 0.29) is 5.56 Å². The Morgan fingerprint density at radius 2 is 2.12 bits per heavy atom. The van der Waals surface area contributed by atoms with Crippen LogP contribution in [-0.4, -0.2) is 22.6 Å². The van der Waals surface area contributed by atoms with Crippen molar-refractivity contribution in [3.8, 4) is 0 Å². The van der Waals surface area contributed by atoms with E-state index in [9.17, 15) is 4.79 Å². The van der Waals surface area contributed by atoms with Gasteiger partial charge in [0.15, 0.2) is 0 Å². The van der Waals surface area contributed by atoms with Gasteiger partial charge in [-0.3, -0.25) is 0 Å². The number of aromatic carboxylic acids is 1. The predicted octanol–water partition coefficient (Wildman–Crippen LogP) is 3.28. The number of carboxylic acids is 1. The number of anilines is 1. The molecule has 2 N–H and O–H groups in total. The quantitative estimate of drug-likeness (QED) is 0.767. The maximum absolute atomic E-state index is 11.0. The first-order chi connectivity index (χ1) is 8.08. The van der Waals surface area contributed by atoms with Gasteiger partial charge in [0.25, 0.3) is 0 Å². The lowest BCUT2D eigenvalue weighted by Gasteiger charge is -2.15. The predicted molar refractivity (Wildman–Crippen MR) is 68.8 cm³/mol. The second-order valence-corrected chi connectivity index (χ2v) is 4.29. The molecular formula is C12H17ClN2O2. The van der Waals surface area contributed by atoms with Gasteiger partial charge in [-0.1, -0.05) is 38.3 Å². The molecule has 0 saturated carbocycles. The molecule has 0 bridgehead atoms. The normalized spacial score (nSPS) is 10.6. The summed E-state index contributed by atoms with van der Waals surface area (Å²) in [6, 6.07) is 2.94. The monoisotopic (exact) mass is 256 g/mol. The zero-order valence-corrected chi connectivity index (χ0v) is 10.8. The molecule has 1 heterocycles. The highest BCUT2D eigenvalue weighted by molar-refractivity contribution is 6.29. The third kappa shape index (κ3) is 3.89. The number of nitrogens with one attached hydrogen (secondary N) is 1. The van der Waals surface area contributed by atoms with Crippen molar-refractivity contribution < 1.29 is 9.90 Å². The Morgan fingerprint density at radius 1 is 1.47 bits per heavy atom. The van der Waals surface area contributed by atoms with Crippen LogP contribution in [0, 0.1) is 5.92 Å². The number of halogens is 1. The standard InChI is InChI=1S/C12H17ClN2O2/c1-3-8(4-2)7-14-11-9(12(16)17)5-6-10(13)15-11/h5-6,8H,3-4,7H2,1-2H3,(H,14,15)(H,16,17). The van der Waals surface area contributed by atoms with Crippen LogP contribution in [0.2, 0.25) is 5.15 Å². The van der Waals surface area contributed by atoms with E-state index in [0.29, 0.717) is 23.4 Å². The smallest absolute Gasteiger partial charge is 0.339 e. The molecule has 0 amide bonds. The average Bonchev–Trinajstić information content (AvgIpc) is 2.30. The van der Waals surface area contributed by atoms with Crippen molar-refractivity contribution in [1.29, 1.82) is 0 Å². The van der Waals surface area contributed by atoms with Crippen molar-refractivity contribution in [2.24, 2.45) is 5.92 Å². The molecule has 1 aromatic rings. The van der Waals surface area contributed by atoms with Gasteiger partial charge in [0.1, 0.15) is 16.5 Å². The summed E-state index contributed by atoms with van der Waals surface area (Å²) in [5.74, 6) is -0.143. The van der Waals surface area contributed by atoms with Crippen LogP contribution in [0.3, 0.4) is 0 Å². The molecule has 94 valence electrons. The summed E-state index contributed by atoms with van der Waals surface area (Å²) in [6.07, 6.45) is 2.10. The Hall–Kier alpha value is -1.29. The molecule has 0 fully saturated rings. The number of hydrogen-bond acceptors (Lipinski definition) is 3. The van der Waals surface area contributed by atoms with E-state index in [2.05, 4.69) is 24.1 Å². The zero-order valence-electron chi connectivity index (χ0n) is 10.0. The molecule has 0 atom stereocenters. The molecular weight excluding hydrogens is 240 g/mol. The Balaban J connectivity index is 2.81. The Bertz CT molecular complexity index is 392. The van der Waals surface area contributed by atoms with E-state index < -0.39 is 5.97 Å². The number of carboxylic acid groups (broad SMARTS) is 1. The van der Waals surface area contributed by atoms with Gasteiger partial charge in [-0.05, 0) is 18.1 Å². The zero-order chi connectivity index (χ0) is 12.8. The van der Waals surface area contributed by atoms with Crippen molar-refractivity contribution in [2.45, 2.75) is 26.7 Å². The number of nitrogens with zero attached hydrogens (tertiary/aromatic N) is 1. The van der Waals surface area contributed by atoms with Gasteiger partial charge in [-0.2, -0.15) is 0 Å². The third-order valence-electron chi connectivity index (χ3n) is 2.80. The molecule has 0 aliphatic rings. The first kappa shape index (κ1) is 13.8. The first-order valence-electron chi connectivity index (χ1n) is 5.72. The lowest BCUT2D eigenvalue weighted by atomic mass is 10.0. The van der Waals surface area contributed by atoms with Crippen molar-refractivity contribution >= 4 is 23.4 Å². The maximum Gasteiger partial charge on any atom is 0.339 e. The highest BCUT2D eigenvalue weighted by Gasteiger charge is 2.13. The fourth-order valence-corrected chi connectivity index (χ4v) is 1.71. The van der Waals surface area contributed by atoms with Crippen LogP contribution >= 0.6 is 11.6 Å². The lowest BCUT2D eigenvalue weighted by molar-refractivity contribution is 0.0697.